The largest absolute Gasteiger partial charge is 0.495 e. The van der Waals surface area contributed by atoms with E-state index in [4.69, 9.17) is 4.74 Å². The molecule has 0 spiro atoms. The molecule has 1 aromatic heterocycles. The van der Waals surface area contributed by atoms with Gasteiger partial charge in [-0.05, 0) is 52.2 Å². The normalized spacial score (nSPS) is 19.9. The number of hydrogen-bond acceptors (Lipinski definition) is 4. The molecule has 0 saturated carbocycles. The molecule has 0 atom stereocenters. The van der Waals surface area contributed by atoms with Crippen molar-refractivity contribution in [2.24, 2.45) is 0 Å². The highest BCUT2D eigenvalue weighted by Gasteiger charge is 2.28. The molecule has 1 aromatic rings. The van der Waals surface area contributed by atoms with Crippen molar-refractivity contribution < 1.29 is 9.53 Å². The van der Waals surface area contributed by atoms with E-state index in [0.717, 1.165) is 49.4 Å². The predicted molar refractivity (Wildman–Crippen MR) is 80.9 cm³/mol. The zero-order chi connectivity index (χ0) is 14.1. The molecule has 110 valence electrons. The molecule has 1 aliphatic carbocycles. The summed E-state index contributed by atoms with van der Waals surface area (Å²) in [5.74, 6) is 0.878. The fourth-order valence-electron chi connectivity index (χ4n) is 3.14. The maximum Gasteiger partial charge on any atom is 0.265 e. The predicted octanol–water partition coefficient (Wildman–Crippen LogP) is 2.07. The molecule has 5 heteroatoms. The summed E-state index contributed by atoms with van der Waals surface area (Å²) in [6, 6.07) is 0.306. The van der Waals surface area contributed by atoms with E-state index in [2.05, 4.69) is 17.3 Å². The zero-order valence-electron chi connectivity index (χ0n) is 12.2. The molecule has 1 saturated heterocycles. The molecular weight excluding hydrogens is 272 g/mol. The Balaban J connectivity index is 1.71. The summed E-state index contributed by atoms with van der Waals surface area (Å²) in [6.45, 7) is 2.12. The van der Waals surface area contributed by atoms with E-state index in [9.17, 15) is 4.79 Å². The van der Waals surface area contributed by atoms with Gasteiger partial charge in [-0.3, -0.25) is 4.79 Å². The number of aryl methyl sites for hydroxylation is 1. The summed E-state index contributed by atoms with van der Waals surface area (Å²) >= 11 is 1.62. The van der Waals surface area contributed by atoms with E-state index >= 15 is 0 Å². The summed E-state index contributed by atoms with van der Waals surface area (Å²) in [4.78, 5) is 16.9. The molecule has 4 nitrogen and oxygen atoms in total. The highest BCUT2D eigenvalue weighted by molar-refractivity contribution is 7.14. The number of likely N-dealkylation sites (tertiary alicyclic amines) is 1. The van der Waals surface area contributed by atoms with Crippen molar-refractivity contribution in [3.05, 3.63) is 15.3 Å². The number of ether oxygens (including phenoxy) is 1. The van der Waals surface area contributed by atoms with Gasteiger partial charge in [0.1, 0.15) is 10.6 Å². The van der Waals surface area contributed by atoms with Crippen LogP contribution in [0.2, 0.25) is 0 Å². The molecular formula is C15H22N2O2S. The Hall–Kier alpha value is -1.07. The summed E-state index contributed by atoms with van der Waals surface area (Å²) < 4.78 is 5.50. The third-order valence-corrected chi connectivity index (χ3v) is 5.61. The smallest absolute Gasteiger partial charge is 0.265 e. The first kappa shape index (κ1) is 13.9. The molecule has 1 N–H and O–H groups in total. The summed E-state index contributed by atoms with van der Waals surface area (Å²) in [5, 5.41) is 3.18. The van der Waals surface area contributed by atoms with Crippen LogP contribution in [0.5, 0.6) is 5.75 Å². The van der Waals surface area contributed by atoms with E-state index in [-0.39, 0.29) is 5.91 Å². The van der Waals surface area contributed by atoms with Crippen molar-refractivity contribution in [1.82, 2.24) is 10.2 Å². The topological polar surface area (TPSA) is 41.6 Å². The first-order chi connectivity index (χ1) is 9.69. The van der Waals surface area contributed by atoms with Gasteiger partial charge in [0.25, 0.3) is 5.91 Å². The van der Waals surface area contributed by atoms with Gasteiger partial charge in [0.15, 0.2) is 0 Å². The number of carbonyl (C=O) groups is 1. The SMILES string of the molecule is COc1c(C(=O)NC2CCN(C)CC2)sc2c1CCC2. The van der Waals surface area contributed by atoms with Crippen molar-refractivity contribution in [1.29, 1.82) is 0 Å². The summed E-state index contributed by atoms with van der Waals surface area (Å²) in [6.07, 6.45) is 5.41. The van der Waals surface area contributed by atoms with E-state index < -0.39 is 0 Å². The Labute approximate surface area is 124 Å². The number of rotatable bonds is 3. The van der Waals surface area contributed by atoms with Crippen LogP contribution in [-0.4, -0.2) is 44.1 Å². The van der Waals surface area contributed by atoms with Gasteiger partial charge in [-0.1, -0.05) is 0 Å². The highest BCUT2D eigenvalue weighted by Crippen LogP contribution is 2.40. The molecule has 1 aliphatic heterocycles. The average molecular weight is 294 g/mol. The molecule has 0 radical (unpaired) electrons. The van der Waals surface area contributed by atoms with Gasteiger partial charge in [0.2, 0.25) is 0 Å². The summed E-state index contributed by atoms with van der Waals surface area (Å²) in [7, 11) is 3.80. The number of amides is 1. The molecule has 2 aliphatic rings. The van der Waals surface area contributed by atoms with Crippen LogP contribution in [0, 0.1) is 0 Å². The standard InChI is InChI=1S/C15H22N2O2S/c1-17-8-6-10(7-9-17)16-15(18)14-13(19-2)11-4-3-5-12(11)20-14/h10H,3-9H2,1-2H3,(H,16,18). The van der Waals surface area contributed by atoms with Crippen LogP contribution in [0.25, 0.3) is 0 Å². The number of fused-ring (bicyclic) bond motifs is 1. The maximum absolute atomic E-state index is 12.5. The van der Waals surface area contributed by atoms with Crippen LogP contribution >= 0.6 is 11.3 Å². The first-order valence-electron chi connectivity index (χ1n) is 7.37. The van der Waals surface area contributed by atoms with Crippen molar-refractivity contribution >= 4 is 17.2 Å². The Morgan fingerprint density at radius 1 is 1.35 bits per heavy atom. The monoisotopic (exact) mass is 294 g/mol. The van der Waals surface area contributed by atoms with Crippen LogP contribution < -0.4 is 10.1 Å². The van der Waals surface area contributed by atoms with Crippen LogP contribution in [0.1, 0.15) is 39.4 Å². The molecule has 2 heterocycles. The molecule has 1 amide bonds. The van der Waals surface area contributed by atoms with Crippen molar-refractivity contribution in [2.45, 2.75) is 38.1 Å². The second-order valence-corrected chi connectivity index (χ2v) is 6.88. The molecule has 0 unspecified atom stereocenters. The number of hydrogen-bond donors (Lipinski definition) is 1. The first-order valence-corrected chi connectivity index (χ1v) is 8.18. The minimum absolute atomic E-state index is 0.0517. The van der Waals surface area contributed by atoms with Crippen molar-refractivity contribution in [3.8, 4) is 5.75 Å². The quantitative estimate of drug-likeness (QED) is 0.928. The Bertz CT molecular complexity index is 504. The minimum atomic E-state index is 0.0517. The van der Waals surface area contributed by atoms with Gasteiger partial charge in [-0.2, -0.15) is 0 Å². The molecule has 0 aromatic carbocycles. The van der Waals surface area contributed by atoms with Gasteiger partial charge in [0.05, 0.1) is 7.11 Å². The number of nitrogens with zero attached hydrogens (tertiary/aromatic N) is 1. The number of piperidine rings is 1. The minimum Gasteiger partial charge on any atom is -0.495 e. The second-order valence-electron chi connectivity index (χ2n) is 5.77. The number of carbonyl (C=O) groups excluding carboxylic acids is 1. The highest BCUT2D eigenvalue weighted by atomic mass is 32.1. The number of thiophene rings is 1. The Morgan fingerprint density at radius 3 is 2.80 bits per heavy atom. The molecule has 0 bridgehead atoms. The Morgan fingerprint density at radius 2 is 2.10 bits per heavy atom. The lowest BCUT2D eigenvalue weighted by atomic mass is 10.1. The lowest BCUT2D eigenvalue weighted by molar-refractivity contribution is 0.0918. The van der Waals surface area contributed by atoms with Crippen molar-refractivity contribution in [2.75, 3.05) is 27.2 Å². The average Bonchev–Trinajstić information content (AvgIpc) is 3.01. The Kier molecular flexibility index (Phi) is 3.98. The zero-order valence-corrected chi connectivity index (χ0v) is 13.0. The van der Waals surface area contributed by atoms with Crippen LogP contribution in [0.15, 0.2) is 0 Å². The fraction of sp³-hybridized carbons (Fsp3) is 0.667. The van der Waals surface area contributed by atoms with Gasteiger partial charge >= 0.3 is 0 Å². The fourth-order valence-corrected chi connectivity index (χ4v) is 4.41. The molecule has 3 rings (SSSR count). The third-order valence-electron chi connectivity index (χ3n) is 4.34. The number of nitrogens with one attached hydrogen (secondary N) is 1. The van der Waals surface area contributed by atoms with E-state index in [1.807, 2.05) is 0 Å². The van der Waals surface area contributed by atoms with E-state index in [1.54, 1.807) is 18.4 Å². The van der Waals surface area contributed by atoms with Gasteiger partial charge < -0.3 is 15.0 Å². The van der Waals surface area contributed by atoms with E-state index in [1.165, 1.54) is 16.9 Å². The van der Waals surface area contributed by atoms with Crippen LogP contribution in [0.4, 0.5) is 0 Å². The van der Waals surface area contributed by atoms with Gasteiger partial charge in [-0.25, -0.2) is 0 Å². The van der Waals surface area contributed by atoms with Crippen LogP contribution in [-0.2, 0) is 12.8 Å². The van der Waals surface area contributed by atoms with Crippen molar-refractivity contribution in [3.63, 3.8) is 0 Å². The van der Waals surface area contributed by atoms with E-state index in [0.29, 0.717) is 6.04 Å². The van der Waals surface area contributed by atoms with Crippen LogP contribution in [0.3, 0.4) is 0 Å². The number of methoxy groups -OCH3 is 1. The lowest BCUT2D eigenvalue weighted by Crippen LogP contribution is -2.43. The summed E-state index contributed by atoms with van der Waals surface area (Å²) in [5.41, 5.74) is 1.27. The molecule has 1 fully saturated rings. The molecule has 20 heavy (non-hydrogen) atoms. The van der Waals surface area contributed by atoms with Gasteiger partial charge in [0, 0.05) is 16.5 Å². The maximum atomic E-state index is 12.5. The van der Waals surface area contributed by atoms with Gasteiger partial charge in [-0.15, -0.1) is 11.3 Å². The lowest BCUT2D eigenvalue weighted by Gasteiger charge is -2.29. The third kappa shape index (κ3) is 2.56. The second kappa shape index (κ2) is 5.74.